The number of aliphatic hydroxyl groups is 1. The second-order valence-corrected chi connectivity index (χ2v) is 7.54. The Labute approximate surface area is 125 Å². The van der Waals surface area contributed by atoms with E-state index in [2.05, 4.69) is 6.92 Å². The van der Waals surface area contributed by atoms with Crippen molar-refractivity contribution in [2.24, 2.45) is 5.92 Å². The van der Waals surface area contributed by atoms with Crippen molar-refractivity contribution in [3.05, 3.63) is 28.8 Å². The molecular weight excluding hydrogens is 298 g/mol. The van der Waals surface area contributed by atoms with Crippen molar-refractivity contribution in [2.45, 2.75) is 37.7 Å². The van der Waals surface area contributed by atoms with Crippen molar-refractivity contribution < 1.29 is 13.5 Å². The smallest absolute Gasteiger partial charge is 0.243 e. The Morgan fingerprint density at radius 2 is 2.20 bits per heavy atom. The maximum atomic E-state index is 12.6. The first-order valence-electron chi connectivity index (χ1n) is 6.88. The molecule has 1 atom stereocenters. The highest BCUT2D eigenvalue weighted by Gasteiger charge is 2.29. The Balaban J connectivity index is 2.28. The van der Waals surface area contributed by atoms with Crippen molar-refractivity contribution in [1.29, 1.82) is 0 Å². The molecule has 0 aliphatic carbocycles. The van der Waals surface area contributed by atoms with Crippen LogP contribution < -0.4 is 0 Å². The number of rotatable bonds is 4. The predicted molar refractivity (Wildman–Crippen MR) is 79.1 cm³/mol. The molecule has 0 bridgehead atoms. The lowest BCUT2D eigenvalue weighted by Crippen LogP contribution is -2.39. The van der Waals surface area contributed by atoms with Crippen molar-refractivity contribution in [2.75, 3.05) is 13.1 Å². The lowest BCUT2D eigenvalue weighted by atomic mass is 9.97. The van der Waals surface area contributed by atoms with Gasteiger partial charge in [-0.1, -0.05) is 31.0 Å². The Kier molecular flexibility index (Phi) is 5.07. The molecule has 1 heterocycles. The van der Waals surface area contributed by atoms with E-state index in [4.69, 9.17) is 16.7 Å². The van der Waals surface area contributed by atoms with Crippen LogP contribution in [0.25, 0.3) is 0 Å². The van der Waals surface area contributed by atoms with Crippen molar-refractivity contribution >= 4 is 21.6 Å². The van der Waals surface area contributed by atoms with E-state index in [1.807, 2.05) is 0 Å². The van der Waals surface area contributed by atoms with Gasteiger partial charge in [-0.15, -0.1) is 0 Å². The number of hydrogen-bond acceptors (Lipinski definition) is 3. The lowest BCUT2D eigenvalue weighted by Gasteiger charge is -2.31. The molecule has 0 radical (unpaired) electrons. The van der Waals surface area contributed by atoms with E-state index in [9.17, 15) is 8.42 Å². The molecule has 1 aliphatic heterocycles. The van der Waals surface area contributed by atoms with Crippen LogP contribution in [0.3, 0.4) is 0 Å². The van der Waals surface area contributed by atoms with Gasteiger partial charge in [0.05, 0.1) is 11.5 Å². The molecule has 0 aromatic heterocycles. The Bertz CT molecular complexity index is 574. The van der Waals surface area contributed by atoms with E-state index in [1.54, 1.807) is 10.4 Å². The molecule has 1 aliphatic rings. The van der Waals surface area contributed by atoms with Crippen LogP contribution in [0.1, 0.15) is 31.7 Å². The lowest BCUT2D eigenvalue weighted by molar-refractivity contribution is 0.261. The second kappa shape index (κ2) is 6.43. The summed E-state index contributed by atoms with van der Waals surface area (Å²) in [6, 6.07) is 4.51. The van der Waals surface area contributed by atoms with Crippen LogP contribution in [-0.4, -0.2) is 30.9 Å². The second-order valence-electron chi connectivity index (χ2n) is 5.19. The summed E-state index contributed by atoms with van der Waals surface area (Å²) in [5.74, 6) is 0.436. The van der Waals surface area contributed by atoms with Crippen LogP contribution in [0.15, 0.2) is 23.1 Å². The zero-order chi connectivity index (χ0) is 14.8. The number of sulfonamides is 1. The molecule has 1 aromatic rings. The molecule has 20 heavy (non-hydrogen) atoms. The van der Waals surface area contributed by atoms with E-state index in [0.29, 0.717) is 24.6 Å². The third-order valence-electron chi connectivity index (χ3n) is 3.89. The van der Waals surface area contributed by atoms with Gasteiger partial charge in [0.2, 0.25) is 10.0 Å². The highest BCUT2D eigenvalue weighted by molar-refractivity contribution is 7.89. The van der Waals surface area contributed by atoms with Crippen LogP contribution in [0, 0.1) is 5.92 Å². The predicted octanol–water partition coefficient (Wildman–Crippen LogP) is 2.64. The van der Waals surface area contributed by atoms with E-state index in [1.165, 1.54) is 12.1 Å². The van der Waals surface area contributed by atoms with Crippen LogP contribution in [0.2, 0.25) is 5.02 Å². The van der Waals surface area contributed by atoms with Gasteiger partial charge in [0, 0.05) is 18.1 Å². The molecule has 1 fully saturated rings. The molecule has 1 saturated heterocycles. The van der Waals surface area contributed by atoms with Gasteiger partial charge in [-0.3, -0.25) is 0 Å². The summed E-state index contributed by atoms with van der Waals surface area (Å²) in [7, 11) is -3.49. The summed E-state index contributed by atoms with van der Waals surface area (Å²) in [5, 5.41) is 9.37. The molecule has 6 heteroatoms. The standard InChI is InChI=1S/C14H20ClNO3S/c1-2-11-4-3-7-16(9-11)20(18,19)13-6-5-12(10-17)14(15)8-13/h5-6,8,11,17H,2-4,7,9-10H2,1H3. The SMILES string of the molecule is CCC1CCCN(S(=O)(=O)c2ccc(CO)c(Cl)c2)C1. The molecule has 112 valence electrons. The molecule has 1 N–H and O–H groups in total. The van der Waals surface area contributed by atoms with Crippen LogP contribution in [0.4, 0.5) is 0 Å². The average Bonchev–Trinajstić information content (AvgIpc) is 2.47. The minimum Gasteiger partial charge on any atom is -0.392 e. The summed E-state index contributed by atoms with van der Waals surface area (Å²) in [4.78, 5) is 0.205. The number of aliphatic hydroxyl groups excluding tert-OH is 1. The first kappa shape index (κ1) is 15.8. The zero-order valence-corrected chi connectivity index (χ0v) is 13.1. The number of benzene rings is 1. The molecule has 1 unspecified atom stereocenters. The topological polar surface area (TPSA) is 57.6 Å². The van der Waals surface area contributed by atoms with Gasteiger partial charge >= 0.3 is 0 Å². The summed E-state index contributed by atoms with van der Waals surface area (Å²) < 4.78 is 26.8. The third kappa shape index (κ3) is 3.17. The minimum absolute atomic E-state index is 0.194. The van der Waals surface area contributed by atoms with Gasteiger partial charge < -0.3 is 5.11 Å². The Morgan fingerprint density at radius 3 is 2.80 bits per heavy atom. The average molecular weight is 318 g/mol. The van der Waals surface area contributed by atoms with Crippen molar-refractivity contribution in [3.8, 4) is 0 Å². The van der Waals surface area contributed by atoms with Crippen molar-refractivity contribution in [3.63, 3.8) is 0 Å². The molecule has 1 aromatic carbocycles. The van der Waals surface area contributed by atoms with Gasteiger partial charge in [0.15, 0.2) is 0 Å². The number of hydrogen-bond donors (Lipinski definition) is 1. The molecule has 0 spiro atoms. The van der Waals surface area contributed by atoms with Crippen LogP contribution in [-0.2, 0) is 16.6 Å². The van der Waals surface area contributed by atoms with Crippen LogP contribution in [0.5, 0.6) is 0 Å². The largest absolute Gasteiger partial charge is 0.392 e. The third-order valence-corrected chi connectivity index (χ3v) is 6.10. The summed E-state index contributed by atoms with van der Waals surface area (Å²) in [6.07, 6.45) is 2.99. The van der Waals surface area contributed by atoms with Crippen LogP contribution >= 0.6 is 11.6 Å². The van der Waals surface area contributed by atoms with E-state index in [-0.39, 0.29) is 16.5 Å². The monoisotopic (exact) mass is 317 g/mol. The first-order valence-corrected chi connectivity index (χ1v) is 8.70. The molecule has 4 nitrogen and oxygen atoms in total. The normalized spacial score (nSPS) is 21.1. The zero-order valence-electron chi connectivity index (χ0n) is 11.5. The van der Waals surface area contributed by atoms with E-state index in [0.717, 1.165) is 19.3 Å². The van der Waals surface area contributed by atoms with E-state index >= 15 is 0 Å². The molecule has 0 saturated carbocycles. The fourth-order valence-corrected chi connectivity index (χ4v) is 4.43. The highest BCUT2D eigenvalue weighted by Crippen LogP contribution is 2.27. The Hall–Kier alpha value is -0.620. The first-order chi connectivity index (χ1) is 9.48. The number of nitrogens with zero attached hydrogens (tertiary/aromatic N) is 1. The van der Waals surface area contributed by atoms with Gasteiger partial charge in [0.25, 0.3) is 0 Å². The Morgan fingerprint density at radius 1 is 1.45 bits per heavy atom. The molecule has 2 rings (SSSR count). The summed E-state index contributed by atoms with van der Waals surface area (Å²) in [6.45, 7) is 3.05. The fourth-order valence-electron chi connectivity index (χ4n) is 2.54. The van der Waals surface area contributed by atoms with Gasteiger partial charge in [-0.05, 0) is 36.5 Å². The van der Waals surface area contributed by atoms with Crippen molar-refractivity contribution in [1.82, 2.24) is 4.31 Å². The van der Waals surface area contributed by atoms with Gasteiger partial charge in [-0.25, -0.2) is 8.42 Å². The fraction of sp³-hybridized carbons (Fsp3) is 0.571. The number of halogens is 1. The molecular formula is C14H20ClNO3S. The van der Waals surface area contributed by atoms with E-state index < -0.39 is 10.0 Å². The quantitative estimate of drug-likeness (QED) is 0.928. The maximum absolute atomic E-state index is 12.6. The minimum atomic E-state index is -3.49. The maximum Gasteiger partial charge on any atom is 0.243 e. The summed E-state index contributed by atoms with van der Waals surface area (Å²) >= 11 is 5.99. The molecule has 0 amide bonds. The van der Waals surface area contributed by atoms with Gasteiger partial charge in [0.1, 0.15) is 0 Å². The highest BCUT2D eigenvalue weighted by atomic mass is 35.5. The summed E-state index contributed by atoms with van der Waals surface area (Å²) in [5.41, 5.74) is 0.538. The number of piperidine rings is 1. The van der Waals surface area contributed by atoms with Gasteiger partial charge in [-0.2, -0.15) is 4.31 Å².